The maximum absolute atomic E-state index is 9.00. The molecule has 54 valence electrons. The van der Waals surface area contributed by atoms with Crippen molar-refractivity contribution in [3.8, 4) is 5.75 Å². The van der Waals surface area contributed by atoms with Crippen LogP contribution >= 0.6 is 22.6 Å². The van der Waals surface area contributed by atoms with Gasteiger partial charge in [-0.1, -0.05) is 0 Å². The Morgan fingerprint density at radius 1 is 1.50 bits per heavy atom. The summed E-state index contributed by atoms with van der Waals surface area (Å²) in [7, 11) is 1.86. The third-order valence-corrected chi connectivity index (χ3v) is 2.11. The maximum atomic E-state index is 9.00. The van der Waals surface area contributed by atoms with Crippen LogP contribution in [0.15, 0.2) is 18.2 Å². The smallest absolute Gasteiger partial charge is 0.116 e. The van der Waals surface area contributed by atoms with Gasteiger partial charge in [0.25, 0.3) is 0 Å². The molecule has 0 aromatic heterocycles. The van der Waals surface area contributed by atoms with Crippen molar-refractivity contribution in [2.45, 2.75) is 0 Å². The average molecular weight is 249 g/mol. The first kappa shape index (κ1) is 7.65. The Balaban J connectivity index is 3.07. The lowest BCUT2D eigenvalue weighted by molar-refractivity contribution is 0.475. The zero-order valence-electron chi connectivity index (χ0n) is 5.56. The highest BCUT2D eigenvalue weighted by Crippen LogP contribution is 2.21. The predicted octanol–water partition coefficient (Wildman–Crippen LogP) is 2.04. The van der Waals surface area contributed by atoms with Crippen LogP contribution in [0.4, 0.5) is 5.69 Å². The Bertz CT molecular complexity index is 237. The Hall–Kier alpha value is -0.450. The fourth-order valence-corrected chi connectivity index (χ4v) is 1.48. The summed E-state index contributed by atoms with van der Waals surface area (Å²) in [6.45, 7) is 0. The molecule has 0 amide bonds. The molecule has 2 N–H and O–H groups in total. The van der Waals surface area contributed by atoms with Crippen LogP contribution in [0.2, 0.25) is 0 Å². The van der Waals surface area contributed by atoms with E-state index in [0.717, 1.165) is 9.26 Å². The van der Waals surface area contributed by atoms with E-state index in [1.54, 1.807) is 12.1 Å². The quantitative estimate of drug-likeness (QED) is 0.589. The van der Waals surface area contributed by atoms with Crippen LogP contribution in [0.1, 0.15) is 0 Å². The fourth-order valence-electron chi connectivity index (χ4n) is 0.707. The van der Waals surface area contributed by atoms with Crippen molar-refractivity contribution >= 4 is 28.3 Å². The summed E-state index contributed by atoms with van der Waals surface area (Å²) in [4.78, 5) is 0. The largest absolute Gasteiger partial charge is 0.508 e. The Kier molecular flexibility index (Phi) is 2.37. The highest BCUT2D eigenvalue weighted by atomic mass is 127. The van der Waals surface area contributed by atoms with Crippen LogP contribution in [0, 0.1) is 3.57 Å². The molecule has 0 bridgehead atoms. The Labute approximate surface area is 73.4 Å². The average Bonchev–Trinajstić information content (AvgIpc) is 1.88. The lowest BCUT2D eigenvalue weighted by Gasteiger charge is -2.02. The molecular weight excluding hydrogens is 241 g/mol. The van der Waals surface area contributed by atoms with Gasteiger partial charge in [-0.05, 0) is 40.8 Å². The van der Waals surface area contributed by atoms with Crippen molar-refractivity contribution in [2.75, 3.05) is 12.4 Å². The van der Waals surface area contributed by atoms with Gasteiger partial charge in [-0.25, -0.2) is 0 Å². The van der Waals surface area contributed by atoms with Crippen LogP contribution in [0.5, 0.6) is 5.75 Å². The SMILES string of the molecule is CNc1ccc(O)cc1I. The van der Waals surface area contributed by atoms with Gasteiger partial charge in [0.2, 0.25) is 0 Å². The number of phenols is 1. The number of hydrogen-bond acceptors (Lipinski definition) is 2. The molecule has 0 aliphatic carbocycles. The third kappa shape index (κ3) is 1.53. The second-order valence-corrected chi connectivity index (χ2v) is 3.08. The van der Waals surface area contributed by atoms with Crippen LogP contribution in [0.3, 0.4) is 0 Å². The molecule has 0 aliphatic heterocycles. The molecule has 0 spiro atoms. The second kappa shape index (κ2) is 3.09. The zero-order valence-corrected chi connectivity index (χ0v) is 7.71. The standard InChI is InChI=1S/C7H8INO/c1-9-7-3-2-5(10)4-6(7)8/h2-4,9-10H,1H3. The van der Waals surface area contributed by atoms with Gasteiger partial charge in [0.1, 0.15) is 5.75 Å². The van der Waals surface area contributed by atoms with Crippen LogP contribution in [0.25, 0.3) is 0 Å². The molecule has 10 heavy (non-hydrogen) atoms. The molecule has 2 nitrogen and oxygen atoms in total. The molecule has 1 rings (SSSR count). The molecule has 1 aromatic rings. The number of hydrogen-bond donors (Lipinski definition) is 2. The molecule has 0 saturated heterocycles. The van der Waals surface area contributed by atoms with Crippen LogP contribution in [-0.4, -0.2) is 12.2 Å². The van der Waals surface area contributed by atoms with E-state index >= 15 is 0 Å². The number of rotatable bonds is 1. The molecular formula is C7H8INO. The summed E-state index contributed by atoms with van der Waals surface area (Å²) in [5.74, 6) is 0.309. The topological polar surface area (TPSA) is 32.3 Å². The van der Waals surface area contributed by atoms with Gasteiger partial charge >= 0.3 is 0 Å². The highest BCUT2D eigenvalue weighted by molar-refractivity contribution is 14.1. The first-order valence-electron chi connectivity index (χ1n) is 2.90. The summed E-state index contributed by atoms with van der Waals surface area (Å²) in [6.07, 6.45) is 0. The van der Waals surface area contributed by atoms with Crippen molar-refractivity contribution in [1.29, 1.82) is 0 Å². The minimum Gasteiger partial charge on any atom is -0.508 e. The number of benzene rings is 1. The molecule has 0 radical (unpaired) electrons. The molecule has 0 unspecified atom stereocenters. The summed E-state index contributed by atoms with van der Waals surface area (Å²) in [6, 6.07) is 5.22. The van der Waals surface area contributed by atoms with E-state index in [0.29, 0.717) is 5.75 Å². The van der Waals surface area contributed by atoms with Gasteiger partial charge in [0, 0.05) is 16.3 Å². The van der Waals surface area contributed by atoms with E-state index < -0.39 is 0 Å². The van der Waals surface area contributed by atoms with Crippen molar-refractivity contribution < 1.29 is 5.11 Å². The second-order valence-electron chi connectivity index (χ2n) is 1.91. The van der Waals surface area contributed by atoms with Gasteiger partial charge in [-0.2, -0.15) is 0 Å². The zero-order chi connectivity index (χ0) is 7.56. The van der Waals surface area contributed by atoms with Gasteiger partial charge in [-0.15, -0.1) is 0 Å². The number of aromatic hydroxyl groups is 1. The summed E-state index contributed by atoms with van der Waals surface area (Å²) < 4.78 is 1.03. The van der Waals surface area contributed by atoms with Crippen molar-refractivity contribution in [1.82, 2.24) is 0 Å². The van der Waals surface area contributed by atoms with Gasteiger partial charge in [-0.3, -0.25) is 0 Å². The maximum Gasteiger partial charge on any atom is 0.116 e. The Morgan fingerprint density at radius 2 is 2.20 bits per heavy atom. The van der Waals surface area contributed by atoms with Gasteiger partial charge in [0.05, 0.1) is 0 Å². The Morgan fingerprint density at radius 3 is 2.70 bits per heavy atom. The molecule has 1 aromatic carbocycles. The van der Waals surface area contributed by atoms with E-state index in [1.807, 2.05) is 13.1 Å². The van der Waals surface area contributed by atoms with Crippen molar-refractivity contribution in [2.24, 2.45) is 0 Å². The predicted molar refractivity (Wildman–Crippen MR) is 50.4 cm³/mol. The van der Waals surface area contributed by atoms with Gasteiger partial charge < -0.3 is 10.4 Å². The van der Waals surface area contributed by atoms with Crippen LogP contribution in [-0.2, 0) is 0 Å². The lowest BCUT2D eigenvalue weighted by Crippen LogP contribution is -1.89. The number of phenolic OH excluding ortho intramolecular Hbond substituents is 1. The van der Waals surface area contributed by atoms with E-state index in [9.17, 15) is 0 Å². The number of halogens is 1. The van der Waals surface area contributed by atoms with Crippen LogP contribution < -0.4 is 5.32 Å². The normalized spacial score (nSPS) is 9.40. The lowest BCUT2D eigenvalue weighted by atomic mass is 10.3. The minimum absolute atomic E-state index is 0.309. The summed E-state index contributed by atoms with van der Waals surface area (Å²) in [5, 5.41) is 12.0. The third-order valence-electron chi connectivity index (χ3n) is 1.22. The van der Waals surface area contributed by atoms with E-state index in [1.165, 1.54) is 0 Å². The first-order chi connectivity index (χ1) is 4.74. The first-order valence-corrected chi connectivity index (χ1v) is 3.98. The highest BCUT2D eigenvalue weighted by Gasteiger charge is 1.96. The molecule has 0 saturated carbocycles. The summed E-state index contributed by atoms with van der Waals surface area (Å²) >= 11 is 2.16. The molecule has 0 aliphatic rings. The van der Waals surface area contributed by atoms with Crippen molar-refractivity contribution in [3.63, 3.8) is 0 Å². The van der Waals surface area contributed by atoms with E-state index in [2.05, 4.69) is 27.9 Å². The molecule has 0 atom stereocenters. The molecule has 0 heterocycles. The molecule has 3 heteroatoms. The monoisotopic (exact) mass is 249 g/mol. The molecule has 0 fully saturated rings. The van der Waals surface area contributed by atoms with Gasteiger partial charge in [0.15, 0.2) is 0 Å². The van der Waals surface area contributed by atoms with E-state index in [4.69, 9.17) is 5.11 Å². The number of nitrogens with one attached hydrogen (secondary N) is 1. The number of anilines is 1. The van der Waals surface area contributed by atoms with Crippen molar-refractivity contribution in [3.05, 3.63) is 21.8 Å². The minimum atomic E-state index is 0.309. The van der Waals surface area contributed by atoms with E-state index in [-0.39, 0.29) is 0 Å². The fraction of sp³-hybridized carbons (Fsp3) is 0.143. The summed E-state index contributed by atoms with van der Waals surface area (Å²) in [5.41, 5.74) is 1.04.